The van der Waals surface area contributed by atoms with Crippen molar-refractivity contribution in [3.8, 4) is 0 Å². The summed E-state index contributed by atoms with van der Waals surface area (Å²) in [4.78, 5) is 0.848. The molecule has 4 nitrogen and oxygen atoms in total. The third kappa shape index (κ3) is 4.91. The highest BCUT2D eigenvalue weighted by Gasteiger charge is 2.54. The van der Waals surface area contributed by atoms with Crippen LogP contribution in [-0.4, -0.2) is 36.6 Å². The number of benzene rings is 1. The van der Waals surface area contributed by atoms with E-state index in [1.807, 2.05) is 0 Å². The van der Waals surface area contributed by atoms with E-state index in [1.54, 1.807) is 0 Å². The SMILES string of the molecule is CCCCCCc1cc(B2OC(C)(C)C(C)(C)O2)c(S)cc1B1OC(C)(C)C(C)(C)O1. The van der Waals surface area contributed by atoms with Gasteiger partial charge in [0.2, 0.25) is 0 Å². The van der Waals surface area contributed by atoms with E-state index in [0.29, 0.717) is 0 Å². The van der Waals surface area contributed by atoms with Crippen LogP contribution in [0.5, 0.6) is 0 Å². The van der Waals surface area contributed by atoms with E-state index in [4.69, 9.17) is 31.2 Å². The van der Waals surface area contributed by atoms with Crippen LogP contribution >= 0.6 is 12.6 Å². The average molecular weight is 446 g/mol. The minimum Gasteiger partial charge on any atom is -0.399 e. The molecular formula is C24H40B2O4S. The van der Waals surface area contributed by atoms with Crippen LogP contribution in [0.4, 0.5) is 0 Å². The highest BCUT2D eigenvalue weighted by molar-refractivity contribution is 7.80. The standard InChI is InChI=1S/C24H40B2O4S/c1-10-11-12-13-14-17-15-19(26-29-23(6,7)24(8,9)30-26)20(31)16-18(17)25-27-21(2,3)22(4,5)28-25/h15-16,31H,10-14H2,1-9H3. The van der Waals surface area contributed by atoms with Crippen molar-refractivity contribution in [2.75, 3.05) is 0 Å². The summed E-state index contributed by atoms with van der Waals surface area (Å²) >= 11 is 4.84. The molecule has 0 amide bonds. The van der Waals surface area contributed by atoms with Gasteiger partial charge in [-0.3, -0.25) is 0 Å². The molecule has 3 rings (SSSR count). The fourth-order valence-corrected chi connectivity index (χ4v) is 4.28. The Bertz CT molecular complexity index is 775. The Balaban J connectivity index is 1.95. The second-order valence-electron chi connectivity index (χ2n) is 11.1. The normalized spacial score (nSPS) is 23.5. The zero-order chi connectivity index (χ0) is 23.2. The molecule has 0 spiro atoms. The van der Waals surface area contributed by atoms with Crippen molar-refractivity contribution >= 4 is 37.8 Å². The minimum atomic E-state index is -0.431. The van der Waals surface area contributed by atoms with E-state index in [0.717, 1.165) is 28.7 Å². The predicted molar refractivity (Wildman–Crippen MR) is 133 cm³/mol. The topological polar surface area (TPSA) is 36.9 Å². The lowest BCUT2D eigenvalue weighted by atomic mass is 9.70. The van der Waals surface area contributed by atoms with Crippen LogP contribution in [0, 0.1) is 0 Å². The first kappa shape index (κ1) is 25.2. The van der Waals surface area contributed by atoms with Gasteiger partial charge in [-0.15, -0.1) is 12.6 Å². The van der Waals surface area contributed by atoms with Crippen molar-refractivity contribution in [1.82, 2.24) is 0 Å². The van der Waals surface area contributed by atoms with E-state index in [9.17, 15) is 0 Å². The van der Waals surface area contributed by atoms with Crippen molar-refractivity contribution in [3.63, 3.8) is 0 Å². The van der Waals surface area contributed by atoms with E-state index >= 15 is 0 Å². The second kappa shape index (κ2) is 8.72. The molecule has 1 aromatic carbocycles. The molecule has 0 aliphatic carbocycles. The largest absolute Gasteiger partial charge is 0.495 e. The second-order valence-corrected chi connectivity index (χ2v) is 11.6. The molecule has 7 heteroatoms. The first-order valence-corrected chi connectivity index (χ1v) is 12.2. The molecule has 0 saturated carbocycles. The summed E-state index contributed by atoms with van der Waals surface area (Å²) in [5.74, 6) is 0. The number of hydrogen-bond donors (Lipinski definition) is 1. The fourth-order valence-electron chi connectivity index (χ4n) is 3.98. The number of thiol groups is 1. The smallest absolute Gasteiger partial charge is 0.399 e. The Hall–Kier alpha value is -0.460. The summed E-state index contributed by atoms with van der Waals surface area (Å²) in [6.45, 7) is 18.9. The molecule has 172 valence electrons. The van der Waals surface area contributed by atoms with Crippen LogP contribution in [0.25, 0.3) is 0 Å². The monoisotopic (exact) mass is 446 g/mol. The summed E-state index contributed by atoms with van der Waals surface area (Å²) in [6.07, 6.45) is 5.79. The van der Waals surface area contributed by atoms with Gasteiger partial charge in [0.05, 0.1) is 22.4 Å². The van der Waals surface area contributed by atoms with Gasteiger partial charge in [-0.05, 0) is 90.8 Å². The van der Waals surface area contributed by atoms with Crippen molar-refractivity contribution in [2.24, 2.45) is 0 Å². The van der Waals surface area contributed by atoms with Crippen LogP contribution in [0.1, 0.15) is 93.6 Å². The lowest BCUT2D eigenvalue weighted by molar-refractivity contribution is 0.00578. The van der Waals surface area contributed by atoms with Gasteiger partial charge in [0.25, 0.3) is 0 Å². The molecule has 2 heterocycles. The molecule has 0 unspecified atom stereocenters. The molecular weight excluding hydrogens is 406 g/mol. The average Bonchev–Trinajstić information content (AvgIpc) is 2.98. The zero-order valence-electron chi connectivity index (χ0n) is 20.9. The summed E-state index contributed by atoms with van der Waals surface area (Å²) in [5.41, 5.74) is 1.76. The van der Waals surface area contributed by atoms with Crippen LogP contribution in [0.2, 0.25) is 0 Å². The van der Waals surface area contributed by atoms with Crippen molar-refractivity contribution in [3.05, 3.63) is 17.7 Å². The Morgan fingerprint density at radius 3 is 1.58 bits per heavy atom. The fraction of sp³-hybridized carbons (Fsp3) is 0.750. The van der Waals surface area contributed by atoms with Gasteiger partial charge >= 0.3 is 14.2 Å². The molecule has 0 N–H and O–H groups in total. The van der Waals surface area contributed by atoms with Gasteiger partial charge in [0, 0.05) is 4.90 Å². The van der Waals surface area contributed by atoms with Gasteiger partial charge in [0.1, 0.15) is 0 Å². The van der Waals surface area contributed by atoms with E-state index < -0.39 is 14.2 Å². The molecule has 0 bridgehead atoms. The molecule has 1 aromatic rings. The molecule has 2 aliphatic rings. The summed E-state index contributed by atoms with van der Waals surface area (Å²) in [7, 11) is -0.830. The number of aryl methyl sites for hydroxylation is 1. The van der Waals surface area contributed by atoms with Crippen LogP contribution in [0.15, 0.2) is 17.0 Å². The number of rotatable bonds is 7. The Morgan fingerprint density at radius 2 is 1.13 bits per heavy atom. The van der Waals surface area contributed by atoms with Gasteiger partial charge < -0.3 is 18.6 Å². The van der Waals surface area contributed by atoms with Crippen molar-refractivity contribution in [2.45, 2.75) is 122 Å². The van der Waals surface area contributed by atoms with Gasteiger partial charge in [-0.2, -0.15) is 0 Å². The van der Waals surface area contributed by atoms with Gasteiger partial charge in [0.15, 0.2) is 0 Å². The third-order valence-electron chi connectivity index (χ3n) is 7.60. The highest BCUT2D eigenvalue weighted by Crippen LogP contribution is 2.38. The number of unbranched alkanes of at least 4 members (excludes halogenated alkanes) is 3. The molecule has 0 atom stereocenters. The maximum atomic E-state index is 6.39. The summed E-state index contributed by atoms with van der Waals surface area (Å²) < 4.78 is 25.4. The maximum Gasteiger partial charge on any atom is 0.495 e. The number of hydrogen-bond acceptors (Lipinski definition) is 5. The summed E-state index contributed by atoms with van der Waals surface area (Å²) in [6, 6.07) is 4.30. The lowest BCUT2D eigenvalue weighted by Gasteiger charge is -2.32. The molecule has 2 aliphatic heterocycles. The highest BCUT2D eigenvalue weighted by atomic mass is 32.1. The minimum absolute atomic E-state index is 0.377. The molecule has 2 saturated heterocycles. The van der Waals surface area contributed by atoms with Crippen molar-refractivity contribution < 1.29 is 18.6 Å². The maximum absolute atomic E-state index is 6.39. The first-order chi connectivity index (χ1) is 14.2. The van der Waals surface area contributed by atoms with Crippen LogP contribution in [0.3, 0.4) is 0 Å². The van der Waals surface area contributed by atoms with Gasteiger partial charge in [-0.25, -0.2) is 0 Å². The summed E-state index contributed by atoms with van der Waals surface area (Å²) in [5, 5.41) is 0. The Labute approximate surface area is 195 Å². The Kier molecular flexibility index (Phi) is 7.08. The third-order valence-corrected chi connectivity index (χ3v) is 7.99. The molecule has 31 heavy (non-hydrogen) atoms. The van der Waals surface area contributed by atoms with E-state index in [1.165, 1.54) is 24.8 Å². The molecule has 0 aromatic heterocycles. The van der Waals surface area contributed by atoms with Gasteiger partial charge in [-0.1, -0.05) is 32.3 Å². The predicted octanol–water partition coefficient (Wildman–Crippen LogP) is 4.70. The van der Waals surface area contributed by atoms with E-state index in [-0.39, 0.29) is 22.4 Å². The lowest BCUT2D eigenvalue weighted by Crippen LogP contribution is -2.41. The van der Waals surface area contributed by atoms with Crippen molar-refractivity contribution in [1.29, 1.82) is 0 Å². The quantitative estimate of drug-likeness (QED) is 0.375. The first-order valence-electron chi connectivity index (χ1n) is 11.8. The molecule has 0 radical (unpaired) electrons. The van der Waals surface area contributed by atoms with E-state index in [2.05, 4.69) is 74.4 Å². The van der Waals surface area contributed by atoms with Crippen LogP contribution < -0.4 is 10.9 Å². The van der Waals surface area contributed by atoms with Crippen LogP contribution in [-0.2, 0) is 25.0 Å². The zero-order valence-corrected chi connectivity index (χ0v) is 21.8. The molecule has 2 fully saturated rings. The Morgan fingerprint density at radius 1 is 0.677 bits per heavy atom.